The van der Waals surface area contributed by atoms with E-state index >= 15 is 0 Å². The molecule has 1 amide bonds. The van der Waals surface area contributed by atoms with E-state index < -0.39 is 0 Å². The van der Waals surface area contributed by atoms with Crippen LogP contribution in [0.4, 0.5) is 5.69 Å². The van der Waals surface area contributed by atoms with E-state index in [9.17, 15) is 4.79 Å². The van der Waals surface area contributed by atoms with Crippen molar-refractivity contribution < 1.29 is 4.79 Å². The molecule has 0 saturated carbocycles. The number of hydrogen-bond acceptors (Lipinski definition) is 3. The molecular formula is C16H19BrN2OS. The van der Waals surface area contributed by atoms with Crippen LogP contribution in [0.1, 0.15) is 29.9 Å². The highest BCUT2D eigenvalue weighted by Crippen LogP contribution is 2.39. The normalized spacial score (nSPS) is 22.7. The number of rotatable bonds is 1. The minimum absolute atomic E-state index is 0.0827. The number of carbonyl (C=O) groups excluding carboxylic acids is 1. The molecule has 2 aromatic rings. The Morgan fingerprint density at radius 1 is 1.38 bits per heavy atom. The Morgan fingerprint density at radius 3 is 2.81 bits per heavy atom. The SMILES string of the molecule is CC1CCN(C(=O)c2sc3cccc(Br)c3c2N)CC1C. The van der Waals surface area contributed by atoms with Gasteiger partial charge in [-0.1, -0.05) is 35.8 Å². The Bertz CT molecular complexity index is 697. The molecule has 1 aliphatic rings. The molecular weight excluding hydrogens is 348 g/mol. The summed E-state index contributed by atoms with van der Waals surface area (Å²) in [5.41, 5.74) is 6.85. The van der Waals surface area contributed by atoms with Crippen LogP contribution in [0.3, 0.4) is 0 Å². The minimum atomic E-state index is 0.0827. The summed E-state index contributed by atoms with van der Waals surface area (Å²) in [6, 6.07) is 5.95. The highest BCUT2D eigenvalue weighted by molar-refractivity contribution is 9.10. The Kier molecular flexibility index (Phi) is 3.97. The lowest BCUT2D eigenvalue weighted by atomic mass is 9.88. The monoisotopic (exact) mass is 366 g/mol. The summed E-state index contributed by atoms with van der Waals surface area (Å²) < 4.78 is 2.01. The second-order valence-corrected chi connectivity index (χ2v) is 7.86. The van der Waals surface area contributed by atoms with Gasteiger partial charge in [-0.05, 0) is 30.4 Å². The summed E-state index contributed by atoms with van der Waals surface area (Å²) >= 11 is 5.02. The predicted octanol–water partition coefficient (Wildman–Crippen LogP) is 4.36. The van der Waals surface area contributed by atoms with Crippen molar-refractivity contribution in [1.82, 2.24) is 4.90 Å². The van der Waals surface area contributed by atoms with Crippen LogP contribution in [0.15, 0.2) is 22.7 Å². The second kappa shape index (κ2) is 5.61. The maximum atomic E-state index is 12.8. The number of nitrogens with zero attached hydrogens (tertiary/aromatic N) is 1. The molecule has 2 N–H and O–H groups in total. The van der Waals surface area contributed by atoms with E-state index in [1.54, 1.807) is 0 Å². The van der Waals surface area contributed by atoms with Gasteiger partial charge in [0.05, 0.1) is 5.69 Å². The number of fused-ring (bicyclic) bond motifs is 1. The van der Waals surface area contributed by atoms with Crippen LogP contribution in [0.2, 0.25) is 0 Å². The van der Waals surface area contributed by atoms with Gasteiger partial charge in [0, 0.05) is 27.6 Å². The van der Waals surface area contributed by atoms with Gasteiger partial charge in [0.15, 0.2) is 0 Å². The zero-order valence-electron chi connectivity index (χ0n) is 12.2. The number of halogens is 1. The van der Waals surface area contributed by atoms with Crippen molar-refractivity contribution in [3.8, 4) is 0 Å². The Morgan fingerprint density at radius 2 is 2.14 bits per heavy atom. The van der Waals surface area contributed by atoms with Crippen LogP contribution < -0.4 is 5.73 Å². The summed E-state index contributed by atoms with van der Waals surface area (Å²) in [5, 5.41) is 0.962. The molecule has 112 valence electrons. The van der Waals surface area contributed by atoms with Crippen LogP contribution in [-0.2, 0) is 0 Å². The number of anilines is 1. The molecule has 1 aliphatic heterocycles. The highest BCUT2D eigenvalue weighted by Gasteiger charge is 2.29. The fraction of sp³-hybridized carbons (Fsp3) is 0.438. The first-order valence-electron chi connectivity index (χ1n) is 7.24. The molecule has 1 saturated heterocycles. The second-order valence-electron chi connectivity index (χ2n) is 5.95. The number of likely N-dealkylation sites (tertiary alicyclic amines) is 1. The van der Waals surface area contributed by atoms with Gasteiger partial charge in [0.2, 0.25) is 0 Å². The lowest BCUT2D eigenvalue weighted by molar-refractivity contribution is 0.0633. The fourth-order valence-electron chi connectivity index (χ4n) is 2.88. The number of thiophene rings is 1. The molecule has 21 heavy (non-hydrogen) atoms. The van der Waals surface area contributed by atoms with E-state index in [1.807, 2.05) is 23.1 Å². The first-order chi connectivity index (χ1) is 9.99. The molecule has 2 atom stereocenters. The average molecular weight is 367 g/mol. The summed E-state index contributed by atoms with van der Waals surface area (Å²) in [4.78, 5) is 15.4. The van der Waals surface area contributed by atoms with E-state index in [0.717, 1.165) is 34.1 Å². The number of carbonyl (C=O) groups is 1. The Hall–Kier alpha value is -1.07. The van der Waals surface area contributed by atoms with Crippen LogP contribution in [0, 0.1) is 11.8 Å². The zero-order chi connectivity index (χ0) is 15.1. The largest absolute Gasteiger partial charge is 0.397 e. The standard InChI is InChI=1S/C16H19BrN2OS/c1-9-6-7-19(8-10(9)2)16(20)15-14(18)13-11(17)4-3-5-12(13)21-15/h3-5,9-10H,6-8,18H2,1-2H3. The summed E-state index contributed by atoms with van der Waals surface area (Å²) in [6.45, 7) is 6.14. The molecule has 0 radical (unpaired) electrons. The highest BCUT2D eigenvalue weighted by atomic mass is 79.9. The lowest BCUT2D eigenvalue weighted by Gasteiger charge is -2.35. The predicted molar refractivity (Wildman–Crippen MR) is 92.8 cm³/mol. The molecule has 1 fully saturated rings. The molecule has 0 spiro atoms. The molecule has 2 heterocycles. The van der Waals surface area contributed by atoms with Gasteiger partial charge >= 0.3 is 0 Å². The van der Waals surface area contributed by atoms with Crippen molar-refractivity contribution in [2.45, 2.75) is 20.3 Å². The maximum Gasteiger partial charge on any atom is 0.266 e. The molecule has 3 nitrogen and oxygen atoms in total. The summed E-state index contributed by atoms with van der Waals surface area (Å²) in [7, 11) is 0. The maximum absolute atomic E-state index is 12.8. The zero-order valence-corrected chi connectivity index (χ0v) is 14.6. The molecule has 0 bridgehead atoms. The average Bonchev–Trinajstić information content (AvgIpc) is 2.80. The Balaban J connectivity index is 1.95. The third kappa shape index (κ3) is 2.57. The van der Waals surface area contributed by atoms with Crippen molar-refractivity contribution in [3.63, 3.8) is 0 Å². The minimum Gasteiger partial charge on any atom is -0.397 e. The lowest BCUT2D eigenvalue weighted by Crippen LogP contribution is -2.42. The van der Waals surface area contributed by atoms with Crippen molar-refractivity contribution >= 4 is 48.9 Å². The molecule has 5 heteroatoms. The van der Waals surface area contributed by atoms with Crippen LogP contribution in [-0.4, -0.2) is 23.9 Å². The molecule has 1 aromatic carbocycles. The quantitative estimate of drug-likeness (QED) is 0.814. The van der Waals surface area contributed by atoms with E-state index in [-0.39, 0.29) is 5.91 Å². The van der Waals surface area contributed by atoms with Crippen LogP contribution >= 0.6 is 27.3 Å². The van der Waals surface area contributed by atoms with Gasteiger partial charge in [-0.2, -0.15) is 0 Å². The van der Waals surface area contributed by atoms with E-state index in [1.165, 1.54) is 11.3 Å². The van der Waals surface area contributed by atoms with Gasteiger partial charge in [-0.25, -0.2) is 0 Å². The first-order valence-corrected chi connectivity index (χ1v) is 8.85. The third-order valence-electron chi connectivity index (χ3n) is 4.52. The first kappa shape index (κ1) is 14.9. The number of nitrogens with two attached hydrogens (primary N) is 1. The van der Waals surface area contributed by atoms with Gasteiger partial charge in [-0.15, -0.1) is 11.3 Å². The van der Waals surface area contributed by atoms with Crippen molar-refractivity contribution in [2.24, 2.45) is 11.8 Å². The molecule has 3 rings (SSSR count). The fourth-order valence-corrected chi connectivity index (χ4v) is 4.71. The Labute approximate surface area is 137 Å². The number of nitrogen functional groups attached to an aromatic ring is 1. The van der Waals surface area contributed by atoms with Gasteiger partial charge in [0.1, 0.15) is 4.88 Å². The van der Waals surface area contributed by atoms with Crippen LogP contribution in [0.25, 0.3) is 10.1 Å². The van der Waals surface area contributed by atoms with E-state index in [2.05, 4.69) is 29.8 Å². The number of benzene rings is 1. The van der Waals surface area contributed by atoms with E-state index in [4.69, 9.17) is 5.73 Å². The van der Waals surface area contributed by atoms with Gasteiger partial charge in [-0.3, -0.25) is 4.79 Å². The van der Waals surface area contributed by atoms with Gasteiger partial charge in [0.25, 0.3) is 5.91 Å². The van der Waals surface area contributed by atoms with Crippen LogP contribution in [0.5, 0.6) is 0 Å². The number of amides is 1. The third-order valence-corrected chi connectivity index (χ3v) is 6.34. The van der Waals surface area contributed by atoms with E-state index in [0.29, 0.717) is 22.4 Å². The topological polar surface area (TPSA) is 46.3 Å². The van der Waals surface area contributed by atoms with Crippen molar-refractivity contribution in [2.75, 3.05) is 18.8 Å². The molecule has 1 aromatic heterocycles. The summed E-state index contributed by atoms with van der Waals surface area (Å²) in [5.74, 6) is 1.31. The number of piperidine rings is 1. The molecule has 2 unspecified atom stereocenters. The van der Waals surface area contributed by atoms with Crippen molar-refractivity contribution in [1.29, 1.82) is 0 Å². The number of hydrogen-bond donors (Lipinski definition) is 1. The van der Waals surface area contributed by atoms with Crippen molar-refractivity contribution in [3.05, 3.63) is 27.5 Å². The van der Waals surface area contributed by atoms with Gasteiger partial charge < -0.3 is 10.6 Å². The molecule has 0 aliphatic carbocycles. The summed E-state index contributed by atoms with van der Waals surface area (Å²) in [6.07, 6.45) is 1.07. The smallest absolute Gasteiger partial charge is 0.266 e.